The van der Waals surface area contributed by atoms with Crippen LogP contribution in [0.25, 0.3) is 0 Å². The molecule has 0 heterocycles. The topological polar surface area (TPSA) is 81.5 Å². The van der Waals surface area contributed by atoms with E-state index < -0.39 is 10.8 Å². The van der Waals surface area contributed by atoms with Crippen molar-refractivity contribution in [2.45, 2.75) is 6.54 Å². The van der Waals surface area contributed by atoms with Crippen molar-refractivity contribution in [2.75, 3.05) is 7.11 Å². The largest absolute Gasteiger partial charge is 0.496 e. The number of carbonyl (C=O) groups excluding carboxylic acids is 1. The molecule has 0 aromatic heterocycles. The average Bonchev–Trinajstić information content (AvgIpc) is 2.53. The Hall–Kier alpha value is -2.96. The van der Waals surface area contributed by atoms with Crippen LogP contribution in [0.1, 0.15) is 15.9 Å². The summed E-state index contributed by atoms with van der Waals surface area (Å²) in [7, 11) is 1.37. The fourth-order valence-electron chi connectivity index (χ4n) is 1.87. The highest BCUT2D eigenvalue weighted by Gasteiger charge is 2.17. The van der Waals surface area contributed by atoms with Crippen molar-refractivity contribution < 1.29 is 18.8 Å². The second kappa shape index (κ2) is 6.66. The zero-order chi connectivity index (χ0) is 16.1. The first-order chi connectivity index (χ1) is 10.5. The summed E-state index contributed by atoms with van der Waals surface area (Å²) in [5.41, 5.74) is 0.575. The van der Waals surface area contributed by atoms with Crippen LogP contribution in [0.2, 0.25) is 0 Å². The third-order valence-electron chi connectivity index (χ3n) is 3.00. The maximum atomic E-state index is 12.8. The minimum absolute atomic E-state index is 0.0683. The second-order valence-electron chi connectivity index (χ2n) is 4.45. The van der Waals surface area contributed by atoms with E-state index >= 15 is 0 Å². The third-order valence-corrected chi connectivity index (χ3v) is 3.00. The Balaban J connectivity index is 2.15. The van der Waals surface area contributed by atoms with Gasteiger partial charge in [-0.3, -0.25) is 14.9 Å². The highest BCUT2D eigenvalue weighted by atomic mass is 19.1. The fraction of sp³-hybridized carbons (Fsp3) is 0.133. The molecule has 6 nitrogen and oxygen atoms in total. The van der Waals surface area contributed by atoms with E-state index in [1.807, 2.05) is 0 Å². The quantitative estimate of drug-likeness (QED) is 0.680. The molecule has 0 unspecified atom stereocenters. The normalized spacial score (nSPS) is 10.1. The van der Waals surface area contributed by atoms with Crippen LogP contribution < -0.4 is 10.1 Å². The molecule has 1 amide bonds. The van der Waals surface area contributed by atoms with Gasteiger partial charge < -0.3 is 10.1 Å². The molecule has 2 aromatic carbocycles. The molecule has 0 radical (unpaired) electrons. The van der Waals surface area contributed by atoms with Crippen LogP contribution in [-0.4, -0.2) is 17.9 Å². The lowest BCUT2D eigenvalue weighted by Gasteiger charge is -2.09. The van der Waals surface area contributed by atoms with E-state index in [1.54, 1.807) is 12.1 Å². The van der Waals surface area contributed by atoms with E-state index in [0.717, 1.165) is 6.07 Å². The number of methoxy groups -OCH3 is 1. The Morgan fingerprint density at radius 1 is 1.27 bits per heavy atom. The molecule has 7 heteroatoms. The molecule has 2 rings (SSSR count). The molecule has 0 aliphatic heterocycles. The van der Waals surface area contributed by atoms with E-state index in [9.17, 15) is 19.3 Å². The summed E-state index contributed by atoms with van der Waals surface area (Å²) in [6, 6.07) is 9.44. The molecule has 114 valence electrons. The zero-order valence-corrected chi connectivity index (χ0v) is 11.7. The zero-order valence-electron chi connectivity index (χ0n) is 11.7. The SMILES string of the molecule is COc1ccc([N+](=O)[O-])cc1C(=O)NCc1ccc(F)cc1. The number of nitrogens with one attached hydrogen (secondary N) is 1. The molecule has 0 fully saturated rings. The van der Waals surface area contributed by atoms with Crippen molar-refractivity contribution in [3.8, 4) is 5.75 Å². The van der Waals surface area contributed by atoms with Crippen molar-refractivity contribution in [1.29, 1.82) is 0 Å². The van der Waals surface area contributed by atoms with Crippen LogP contribution in [0.15, 0.2) is 42.5 Å². The molecule has 0 saturated carbocycles. The molecular formula is C15H13FN2O4. The highest BCUT2D eigenvalue weighted by Crippen LogP contribution is 2.23. The third kappa shape index (κ3) is 3.57. The lowest BCUT2D eigenvalue weighted by Crippen LogP contribution is -2.23. The number of benzene rings is 2. The summed E-state index contributed by atoms with van der Waals surface area (Å²) in [6.45, 7) is 0.172. The Bertz CT molecular complexity index is 701. The summed E-state index contributed by atoms with van der Waals surface area (Å²) < 4.78 is 17.8. The van der Waals surface area contributed by atoms with Crippen molar-refractivity contribution in [3.05, 3.63) is 69.5 Å². The number of nitrogens with zero attached hydrogens (tertiary/aromatic N) is 1. The fourth-order valence-corrected chi connectivity index (χ4v) is 1.87. The first-order valence-electron chi connectivity index (χ1n) is 6.36. The van der Waals surface area contributed by atoms with Gasteiger partial charge in [0.05, 0.1) is 17.6 Å². The van der Waals surface area contributed by atoms with Crippen LogP contribution in [0.3, 0.4) is 0 Å². The molecule has 0 bridgehead atoms. The molecular weight excluding hydrogens is 291 g/mol. The number of hydrogen-bond acceptors (Lipinski definition) is 4. The van der Waals surface area contributed by atoms with E-state index in [4.69, 9.17) is 4.74 Å². The maximum absolute atomic E-state index is 12.8. The lowest BCUT2D eigenvalue weighted by molar-refractivity contribution is -0.384. The predicted octanol–water partition coefficient (Wildman–Crippen LogP) is 2.67. The molecule has 0 atom stereocenters. The number of nitro groups is 1. The lowest BCUT2D eigenvalue weighted by atomic mass is 10.1. The van der Waals surface area contributed by atoms with Gasteiger partial charge in [-0.15, -0.1) is 0 Å². The van der Waals surface area contributed by atoms with Crippen LogP contribution >= 0.6 is 0 Å². The van der Waals surface area contributed by atoms with Gasteiger partial charge >= 0.3 is 0 Å². The first kappa shape index (κ1) is 15.4. The van der Waals surface area contributed by atoms with E-state index in [-0.39, 0.29) is 29.4 Å². The molecule has 22 heavy (non-hydrogen) atoms. The van der Waals surface area contributed by atoms with Gasteiger partial charge in [0, 0.05) is 18.7 Å². The van der Waals surface area contributed by atoms with Crippen molar-refractivity contribution >= 4 is 11.6 Å². The van der Waals surface area contributed by atoms with Gasteiger partial charge in [0.15, 0.2) is 0 Å². The van der Waals surface area contributed by atoms with Crippen molar-refractivity contribution in [3.63, 3.8) is 0 Å². The molecule has 0 aliphatic carbocycles. The maximum Gasteiger partial charge on any atom is 0.270 e. The predicted molar refractivity (Wildman–Crippen MR) is 77.2 cm³/mol. The number of amides is 1. The number of carbonyl (C=O) groups is 1. The summed E-state index contributed by atoms with van der Waals surface area (Å²) in [4.78, 5) is 22.3. The van der Waals surface area contributed by atoms with E-state index in [1.165, 1.54) is 31.4 Å². The summed E-state index contributed by atoms with van der Waals surface area (Å²) in [6.07, 6.45) is 0. The molecule has 0 saturated heterocycles. The van der Waals surface area contributed by atoms with Crippen LogP contribution in [0.4, 0.5) is 10.1 Å². The van der Waals surface area contributed by atoms with Gasteiger partial charge in [-0.1, -0.05) is 12.1 Å². The van der Waals surface area contributed by atoms with Crippen molar-refractivity contribution in [2.24, 2.45) is 0 Å². The number of hydrogen-bond donors (Lipinski definition) is 1. The van der Waals surface area contributed by atoms with Gasteiger partial charge in [0.25, 0.3) is 11.6 Å². The second-order valence-corrected chi connectivity index (χ2v) is 4.45. The number of halogens is 1. The smallest absolute Gasteiger partial charge is 0.270 e. The molecule has 1 N–H and O–H groups in total. The summed E-state index contributed by atoms with van der Waals surface area (Å²) in [5, 5.41) is 13.4. The van der Waals surface area contributed by atoms with Crippen molar-refractivity contribution in [1.82, 2.24) is 5.32 Å². The van der Waals surface area contributed by atoms with Gasteiger partial charge in [0.2, 0.25) is 0 Å². The van der Waals surface area contributed by atoms with E-state index in [2.05, 4.69) is 5.32 Å². The average molecular weight is 304 g/mol. The van der Waals surface area contributed by atoms with Gasteiger partial charge in [0.1, 0.15) is 11.6 Å². The minimum atomic E-state index is -0.587. The first-order valence-corrected chi connectivity index (χ1v) is 6.36. The number of rotatable bonds is 5. The Morgan fingerprint density at radius 3 is 2.55 bits per heavy atom. The Morgan fingerprint density at radius 2 is 1.95 bits per heavy atom. The van der Waals surface area contributed by atoms with E-state index in [0.29, 0.717) is 5.56 Å². The Kier molecular flexibility index (Phi) is 4.67. The number of ether oxygens (including phenoxy) is 1. The molecule has 2 aromatic rings. The van der Waals surface area contributed by atoms with Gasteiger partial charge in [-0.2, -0.15) is 0 Å². The summed E-state index contributed by atoms with van der Waals surface area (Å²) in [5.74, 6) is -0.637. The molecule has 0 aliphatic rings. The monoisotopic (exact) mass is 304 g/mol. The van der Waals surface area contributed by atoms with Crippen LogP contribution in [0.5, 0.6) is 5.75 Å². The number of nitro benzene ring substituents is 1. The van der Waals surface area contributed by atoms with Gasteiger partial charge in [-0.25, -0.2) is 4.39 Å². The Labute approximate surface area is 125 Å². The van der Waals surface area contributed by atoms with Crippen LogP contribution in [0, 0.1) is 15.9 Å². The summed E-state index contributed by atoms with van der Waals surface area (Å²) >= 11 is 0. The highest BCUT2D eigenvalue weighted by molar-refractivity contribution is 5.97. The van der Waals surface area contributed by atoms with Gasteiger partial charge in [-0.05, 0) is 23.8 Å². The molecule has 0 spiro atoms. The van der Waals surface area contributed by atoms with Crippen LogP contribution in [-0.2, 0) is 6.54 Å². The number of non-ortho nitro benzene ring substituents is 1. The standard InChI is InChI=1S/C15H13FN2O4/c1-22-14-7-6-12(18(20)21)8-13(14)15(19)17-9-10-2-4-11(16)5-3-10/h2-8H,9H2,1H3,(H,17,19). The minimum Gasteiger partial charge on any atom is -0.496 e.